The molecule has 3 aromatic rings. The first kappa shape index (κ1) is 19.1. The van der Waals surface area contributed by atoms with Crippen LogP contribution in [0.4, 0.5) is 5.69 Å². The number of hydrogen-bond acceptors (Lipinski definition) is 3. The zero-order chi connectivity index (χ0) is 19.4. The van der Waals surface area contributed by atoms with Crippen molar-refractivity contribution >= 4 is 23.2 Å². The van der Waals surface area contributed by atoms with Gasteiger partial charge in [0.05, 0.1) is 5.41 Å². The van der Waals surface area contributed by atoms with Crippen molar-refractivity contribution < 1.29 is 4.79 Å². The molecule has 0 aliphatic heterocycles. The summed E-state index contributed by atoms with van der Waals surface area (Å²) in [6.45, 7) is 6.10. The van der Waals surface area contributed by atoms with E-state index in [9.17, 15) is 4.79 Å². The van der Waals surface area contributed by atoms with Crippen molar-refractivity contribution in [2.45, 2.75) is 26.2 Å². The number of amides is 1. The third-order valence-corrected chi connectivity index (χ3v) is 5.33. The lowest BCUT2D eigenvalue weighted by Crippen LogP contribution is -2.42. The van der Waals surface area contributed by atoms with Gasteiger partial charge < -0.3 is 5.32 Å². The number of carbonyl (C=O) groups is 1. The summed E-state index contributed by atoms with van der Waals surface area (Å²) in [7, 11) is 0. The van der Waals surface area contributed by atoms with E-state index < -0.39 is 5.41 Å². The quantitative estimate of drug-likeness (QED) is 0.608. The highest BCUT2D eigenvalue weighted by Crippen LogP contribution is 2.34. The Kier molecular flexibility index (Phi) is 5.57. The Morgan fingerprint density at radius 2 is 1.63 bits per heavy atom. The monoisotopic (exact) mass is 379 g/mol. The summed E-state index contributed by atoms with van der Waals surface area (Å²) in [4.78, 5) is 21.2. The summed E-state index contributed by atoms with van der Waals surface area (Å²) in [5.41, 5.74) is 3.06. The average molecular weight is 380 g/mol. The van der Waals surface area contributed by atoms with Gasteiger partial charge in [-0.2, -0.15) is 0 Å². The first-order valence-electron chi connectivity index (χ1n) is 8.85. The topological polar surface area (TPSA) is 54.9 Å². The van der Waals surface area contributed by atoms with Crippen molar-refractivity contribution in [1.82, 2.24) is 9.97 Å². The van der Waals surface area contributed by atoms with Crippen molar-refractivity contribution in [2.75, 3.05) is 5.32 Å². The molecule has 27 heavy (non-hydrogen) atoms. The lowest BCUT2D eigenvalue weighted by molar-refractivity contribution is -0.122. The van der Waals surface area contributed by atoms with Crippen LogP contribution in [0.2, 0.25) is 5.15 Å². The van der Waals surface area contributed by atoms with Crippen LogP contribution in [0.5, 0.6) is 0 Å². The van der Waals surface area contributed by atoms with Crippen molar-refractivity contribution in [2.24, 2.45) is 5.92 Å². The van der Waals surface area contributed by atoms with Crippen molar-refractivity contribution in [1.29, 1.82) is 0 Å². The van der Waals surface area contributed by atoms with Gasteiger partial charge in [0.2, 0.25) is 5.91 Å². The van der Waals surface area contributed by atoms with Crippen LogP contribution in [-0.4, -0.2) is 15.9 Å². The molecule has 1 aromatic carbocycles. The summed E-state index contributed by atoms with van der Waals surface area (Å²) >= 11 is 5.86. The number of nitrogens with one attached hydrogen (secondary N) is 1. The van der Waals surface area contributed by atoms with Gasteiger partial charge in [0, 0.05) is 29.8 Å². The van der Waals surface area contributed by atoms with Gasteiger partial charge >= 0.3 is 0 Å². The Labute approximate surface area is 164 Å². The molecule has 1 amide bonds. The second-order valence-electron chi connectivity index (χ2n) is 6.99. The van der Waals surface area contributed by atoms with Gasteiger partial charge in [-0.3, -0.25) is 9.78 Å². The van der Waals surface area contributed by atoms with Crippen molar-refractivity contribution in [3.8, 4) is 11.1 Å². The van der Waals surface area contributed by atoms with Gasteiger partial charge in [0.1, 0.15) is 5.15 Å². The van der Waals surface area contributed by atoms with E-state index in [4.69, 9.17) is 11.6 Å². The normalized spacial score (nSPS) is 13.2. The molecule has 1 atom stereocenters. The Morgan fingerprint density at radius 1 is 1.00 bits per heavy atom. The minimum absolute atomic E-state index is 0.0374. The summed E-state index contributed by atoms with van der Waals surface area (Å²) in [5, 5.41) is 3.48. The minimum Gasteiger partial charge on any atom is -0.325 e. The number of halogens is 1. The van der Waals surface area contributed by atoms with Crippen LogP contribution in [0.1, 0.15) is 26.3 Å². The van der Waals surface area contributed by atoms with Crippen LogP contribution < -0.4 is 5.32 Å². The third kappa shape index (κ3) is 4.01. The molecular formula is C22H22ClN3O. The predicted octanol–water partition coefficient (Wildman–Crippen LogP) is 5.35. The maximum atomic E-state index is 13.1. The highest BCUT2D eigenvalue weighted by atomic mass is 35.5. The molecule has 0 spiro atoms. The van der Waals surface area contributed by atoms with Gasteiger partial charge in [-0.05, 0) is 48.2 Å². The van der Waals surface area contributed by atoms with Gasteiger partial charge in [-0.25, -0.2) is 4.98 Å². The van der Waals surface area contributed by atoms with E-state index in [1.54, 1.807) is 36.8 Å². The molecule has 0 fully saturated rings. The van der Waals surface area contributed by atoms with Crippen LogP contribution in [0.15, 0.2) is 67.1 Å². The van der Waals surface area contributed by atoms with E-state index in [1.165, 1.54) is 0 Å². The molecule has 0 unspecified atom stereocenters. The molecule has 2 heterocycles. The molecule has 5 heteroatoms. The molecule has 138 valence electrons. The highest BCUT2D eigenvalue weighted by molar-refractivity contribution is 6.29. The van der Waals surface area contributed by atoms with Gasteiger partial charge in [0.25, 0.3) is 0 Å². The molecule has 1 N–H and O–H groups in total. The van der Waals surface area contributed by atoms with Crippen LogP contribution in [0, 0.1) is 5.92 Å². The zero-order valence-electron chi connectivity index (χ0n) is 15.6. The van der Waals surface area contributed by atoms with E-state index in [0.717, 1.165) is 22.4 Å². The van der Waals surface area contributed by atoms with E-state index in [2.05, 4.69) is 29.1 Å². The van der Waals surface area contributed by atoms with E-state index in [-0.39, 0.29) is 11.8 Å². The SMILES string of the molecule is CC(C)[C@@](C)(C(=O)Nc1ccncc1)c1ccc(-c2ccc(Cl)nc2)cc1. The fourth-order valence-electron chi connectivity index (χ4n) is 2.98. The molecule has 4 nitrogen and oxygen atoms in total. The number of carbonyl (C=O) groups excluding carboxylic acids is 1. The van der Waals surface area contributed by atoms with Gasteiger partial charge in [0.15, 0.2) is 0 Å². The van der Waals surface area contributed by atoms with Gasteiger partial charge in [-0.1, -0.05) is 49.7 Å². The Balaban J connectivity index is 1.89. The standard InChI is InChI=1S/C22H22ClN3O/c1-15(2)22(3,21(27)26-19-10-12-24-13-11-19)18-7-4-16(5-8-18)17-6-9-20(23)25-14-17/h4-15H,1-3H3,(H,24,26,27)/t22-/m1/s1. The third-order valence-electron chi connectivity index (χ3n) is 5.11. The largest absolute Gasteiger partial charge is 0.325 e. The number of rotatable bonds is 5. The number of hydrogen-bond donors (Lipinski definition) is 1. The first-order chi connectivity index (χ1) is 12.9. The van der Waals surface area contributed by atoms with E-state index in [0.29, 0.717) is 5.15 Å². The molecule has 0 bridgehead atoms. The van der Waals surface area contributed by atoms with E-state index >= 15 is 0 Å². The highest BCUT2D eigenvalue weighted by Gasteiger charge is 2.38. The van der Waals surface area contributed by atoms with Crippen LogP contribution in [0.3, 0.4) is 0 Å². The second-order valence-corrected chi connectivity index (χ2v) is 7.38. The van der Waals surface area contributed by atoms with Crippen LogP contribution >= 0.6 is 11.6 Å². The molecule has 0 radical (unpaired) electrons. The van der Waals surface area contributed by atoms with Crippen LogP contribution in [0.25, 0.3) is 11.1 Å². The smallest absolute Gasteiger partial charge is 0.235 e. The average Bonchev–Trinajstić information content (AvgIpc) is 2.68. The molecule has 2 aromatic heterocycles. The maximum Gasteiger partial charge on any atom is 0.235 e. The van der Waals surface area contributed by atoms with Crippen molar-refractivity contribution in [3.05, 3.63) is 77.8 Å². The summed E-state index contributed by atoms with van der Waals surface area (Å²) in [5.74, 6) is 0.0759. The number of aromatic nitrogens is 2. The number of pyridine rings is 2. The first-order valence-corrected chi connectivity index (χ1v) is 9.23. The predicted molar refractivity (Wildman–Crippen MR) is 110 cm³/mol. The minimum atomic E-state index is -0.667. The summed E-state index contributed by atoms with van der Waals surface area (Å²) in [6.07, 6.45) is 5.07. The molecule has 0 aliphatic carbocycles. The van der Waals surface area contributed by atoms with Crippen molar-refractivity contribution in [3.63, 3.8) is 0 Å². The lowest BCUT2D eigenvalue weighted by atomic mass is 9.72. The Morgan fingerprint density at radius 3 is 2.19 bits per heavy atom. The lowest BCUT2D eigenvalue weighted by Gasteiger charge is -2.33. The molecule has 0 saturated carbocycles. The second kappa shape index (κ2) is 7.89. The molecule has 0 saturated heterocycles. The van der Waals surface area contributed by atoms with Gasteiger partial charge in [-0.15, -0.1) is 0 Å². The van der Waals surface area contributed by atoms with Crippen LogP contribution in [-0.2, 0) is 10.2 Å². The fourth-order valence-corrected chi connectivity index (χ4v) is 3.09. The van der Waals surface area contributed by atoms with E-state index in [1.807, 2.05) is 37.3 Å². The molecule has 0 aliphatic rings. The maximum absolute atomic E-state index is 13.1. The summed E-state index contributed by atoms with van der Waals surface area (Å²) in [6, 6.07) is 15.3. The Hall–Kier alpha value is -2.72. The molecule has 3 rings (SSSR count). The summed E-state index contributed by atoms with van der Waals surface area (Å²) < 4.78 is 0. The zero-order valence-corrected chi connectivity index (χ0v) is 16.4. The Bertz CT molecular complexity index is 909. The number of anilines is 1. The number of nitrogens with zero attached hydrogens (tertiary/aromatic N) is 2. The molecular weight excluding hydrogens is 358 g/mol. The fraction of sp³-hybridized carbons (Fsp3) is 0.227. The number of benzene rings is 1.